The summed E-state index contributed by atoms with van der Waals surface area (Å²) < 4.78 is 4.59. The molecule has 0 spiro atoms. The minimum Gasteiger partial charge on any atom is -0.468 e. The summed E-state index contributed by atoms with van der Waals surface area (Å²) in [6.07, 6.45) is 0.771. The van der Waals surface area contributed by atoms with Crippen LogP contribution in [0.25, 0.3) is 0 Å². The van der Waals surface area contributed by atoms with Crippen molar-refractivity contribution in [1.82, 2.24) is 9.88 Å². The molecule has 0 saturated heterocycles. The van der Waals surface area contributed by atoms with Crippen molar-refractivity contribution in [1.29, 1.82) is 0 Å². The molecular weight excluding hydrogens is 240 g/mol. The minimum atomic E-state index is -0.422. The molecule has 17 heavy (non-hydrogen) atoms. The Kier molecular flexibility index (Phi) is 5.09. The number of esters is 1. The highest BCUT2D eigenvalue weighted by molar-refractivity contribution is 7.07. The van der Waals surface area contributed by atoms with E-state index in [0.717, 1.165) is 6.42 Å². The Morgan fingerprint density at radius 2 is 2.29 bits per heavy atom. The van der Waals surface area contributed by atoms with Crippen molar-refractivity contribution >= 4 is 23.2 Å². The van der Waals surface area contributed by atoms with Crippen molar-refractivity contribution in [2.24, 2.45) is 0 Å². The summed E-state index contributed by atoms with van der Waals surface area (Å²) in [4.78, 5) is 28.9. The number of thiazole rings is 1. The summed E-state index contributed by atoms with van der Waals surface area (Å²) in [7, 11) is 1.31. The zero-order valence-electron chi connectivity index (χ0n) is 10.2. The number of carbonyl (C=O) groups is 2. The molecule has 0 aliphatic rings. The van der Waals surface area contributed by atoms with Crippen LogP contribution in [0.2, 0.25) is 0 Å². The Labute approximate surface area is 104 Å². The van der Waals surface area contributed by atoms with E-state index in [1.807, 2.05) is 13.8 Å². The SMILES string of the molecule is CC[C@@H](C)N(CC(=O)OC)C(=O)c1cscn1. The highest BCUT2D eigenvalue weighted by Crippen LogP contribution is 2.11. The highest BCUT2D eigenvalue weighted by atomic mass is 32.1. The van der Waals surface area contributed by atoms with E-state index in [1.54, 1.807) is 10.9 Å². The van der Waals surface area contributed by atoms with Gasteiger partial charge in [-0.1, -0.05) is 6.92 Å². The van der Waals surface area contributed by atoms with Crippen LogP contribution in [-0.4, -0.2) is 41.5 Å². The molecule has 5 nitrogen and oxygen atoms in total. The number of ether oxygens (including phenoxy) is 1. The second kappa shape index (κ2) is 6.34. The molecule has 0 aliphatic carbocycles. The van der Waals surface area contributed by atoms with E-state index in [-0.39, 0.29) is 18.5 Å². The van der Waals surface area contributed by atoms with Crippen molar-refractivity contribution in [3.63, 3.8) is 0 Å². The normalized spacial score (nSPS) is 11.9. The van der Waals surface area contributed by atoms with Crippen LogP contribution in [0.1, 0.15) is 30.8 Å². The number of nitrogens with zero attached hydrogens (tertiary/aromatic N) is 2. The zero-order chi connectivity index (χ0) is 12.8. The summed E-state index contributed by atoms with van der Waals surface area (Å²) >= 11 is 1.35. The average molecular weight is 256 g/mol. The van der Waals surface area contributed by atoms with E-state index >= 15 is 0 Å². The van der Waals surface area contributed by atoms with Gasteiger partial charge >= 0.3 is 5.97 Å². The van der Waals surface area contributed by atoms with Crippen LogP contribution >= 0.6 is 11.3 Å². The lowest BCUT2D eigenvalue weighted by Gasteiger charge is -2.26. The van der Waals surface area contributed by atoms with Gasteiger partial charge in [0.25, 0.3) is 5.91 Å². The van der Waals surface area contributed by atoms with Gasteiger partial charge in [-0.2, -0.15) is 0 Å². The Hall–Kier alpha value is -1.43. The molecule has 0 N–H and O–H groups in total. The lowest BCUT2D eigenvalue weighted by molar-refractivity contribution is -0.141. The van der Waals surface area contributed by atoms with Crippen molar-refractivity contribution < 1.29 is 14.3 Å². The monoisotopic (exact) mass is 256 g/mol. The fraction of sp³-hybridized carbons (Fsp3) is 0.545. The first-order valence-corrected chi connectivity index (χ1v) is 6.30. The fourth-order valence-electron chi connectivity index (χ4n) is 1.32. The van der Waals surface area contributed by atoms with Gasteiger partial charge in [-0.25, -0.2) is 4.98 Å². The summed E-state index contributed by atoms with van der Waals surface area (Å²) in [5.41, 5.74) is 1.97. The predicted molar refractivity (Wildman–Crippen MR) is 64.9 cm³/mol. The van der Waals surface area contributed by atoms with Gasteiger partial charge in [0.2, 0.25) is 0 Å². The fourth-order valence-corrected chi connectivity index (χ4v) is 1.84. The Bertz CT molecular complexity index is 378. The van der Waals surface area contributed by atoms with Crippen LogP contribution in [0.5, 0.6) is 0 Å². The standard InChI is InChI=1S/C11H16N2O3S/c1-4-8(2)13(5-10(14)16-3)11(15)9-6-17-7-12-9/h6-8H,4-5H2,1-3H3/t8-/m1/s1. The van der Waals surface area contributed by atoms with E-state index in [1.165, 1.54) is 23.3 Å². The van der Waals surface area contributed by atoms with Gasteiger partial charge in [0.05, 0.1) is 12.6 Å². The van der Waals surface area contributed by atoms with Crippen molar-refractivity contribution in [3.8, 4) is 0 Å². The second-order valence-corrected chi connectivity index (χ2v) is 4.36. The Morgan fingerprint density at radius 3 is 2.76 bits per heavy atom. The van der Waals surface area contributed by atoms with E-state index in [4.69, 9.17) is 0 Å². The number of hydrogen-bond donors (Lipinski definition) is 0. The van der Waals surface area contributed by atoms with Crippen LogP contribution in [0.15, 0.2) is 10.9 Å². The zero-order valence-corrected chi connectivity index (χ0v) is 11.0. The van der Waals surface area contributed by atoms with E-state index < -0.39 is 5.97 Å². The minimum absolute atomic E-state index is 0.0247. The van der Waals surface area contributed by atoms with E-state index in [9.17, 15) is 9.59 Å². The van der Waals surface area contributed by atoms with Gasteiger partial charge in [-0.3, -0.25) is 9.59 Å². The Balaban J connectivity index is 2.83. The third-order valence-electron chi connectivity index (χ3n) is 2.56. The largest absolute Gasteiger partial charge is 0.468 e. The quantitative estimate of drug-likeness (QED) is 0.750. The maximum absolute atomic E-state index is 12.1. The molecule has 0 unspecified atom stereocenters. The van der Waals surface area contributed by atoms with Gasteiger partial charge in [-0.15, -0.1) is 11.3 Å². The molecule has 6 heteroatoms. The molecule has 0 bridgehead atoms. The predicted octanol–water partition coefficient (Wildman–Crippen LogP) is 1.56. The number of rotatable bonds is 5. The number of amides is 1. The molecule has 1 atom stereocenters. The molecule has 1 aromatic rings. The summed E-state index contributed by atoms with van der Waals surface area (Å²) in [5.74, 6) is -0.653. The smallest absolute Gasteiger partial charge is 0.325 e. The second-order valence-electron chi connectivity index (χ2n) is 3.64. The lowest BCUT2D eigenvalue weighted by Crippen LogP contribution is -2.42. The molecule has 94 valence electrons. The van der Waals surface area contributed by atoms with Crippen LogP contribution in [0, 0.1) is 0 Å². The highest BCUT2D eigenvalue weighted by Gasteiger charge is 2.24. The molecule has 1 rings (SSSR count). The van der Waals surface area contributed by atoms with Gasteiger partial charge in [-0.05, 0) is 13.3 Å². The summed E-state index contributed by atoms with van der Waals surface area (Å²) in [5, 5.41) is 1.68. The average Bonchev–Trinajstić information content (AvgIpc) is 2.87. The van der Waals surface area contributed by atoms with Crippen molar-refractivity contribution in [3.05, 3.63) is 16.6 Å². The van der Waals surface area contributed by atoms with Crippen molar-refractivity contribution in [2.75, 3.05) is 13.7 Å². The van der Waals surface area contributed by atoms with E-state index in [2.05, 4.69) is 9.72 Å². The maximum Gasteiger partial charge on any atom is 0.325 e. The third-order valence-corrected chi connectivity index (χ3v) is 3.15. The molecule has 0 saturated carbocycles. The number of methoxy groups -OCH3 is 1. The van der Waals surface area contributed by atoms with Crippen LogP contribution in [-0.2, 0) is 9.53 Å². The van der Waals surface area contributed by atoms with Crippen LogP contribution < -0.4 is 0 Å². The van der Waals surface area contributed by atoms with Crippen molar-refractivity contribution in [2.45, 2.75) is 26.3 Å². The molecule has 0 aromatic carbocycles. The number of aromatic nitrogens is 1. The van der Waals surface area contributed by atoms with Crippen LogP contribution in [0.3, 0.4) is 0 Å². The molecule has 0 radical (unpaired) electrons. The van der Waals surface area contributed by atoms with Gasteiger partial charge in [0, 0.05) is 11.4 Å². The molecule has 1 heterocycles. The summed E-state index contributed by atoms with van der Waals surface area (Å²) in [6, 6.07) is -0.0247. The molecule has 1 amide bonds. The first kappa shape index (κ1) is 13.6. The van der Waals surface area contributed by atoms with Crippen LogP contribution in [0.4, 0.5) is 0 Å². The lowest BCUT2D eigenvalue weighted by atomic mass is 10.2. The first-order valence-electron chi connectivity index (χ1n) is 5.36. The third kappa shape index (κ3) is 3.52. The maximum atomic E-state index is 12.1. The number of hydrogen-bond acceptors (Lipinski definition) is 5. The molecular formula is C11H16N2O3S. The molecule has 0 aliphatic heterocycles. The molecule has 0 fully saturated rings. The topological polar surface area (TPSA) is 59.5 Å². The van der Waals surface area contributed by atoms with Gasteiger partial charge in [0.1, 0.15) is 12.2 Å². The summed E-state index contributed by atoms with van der Waals surface area (Å²) in [6.45, 7) is 3.82. The first-order chi connectivity index (χ1) is 8.10. The van der Waals surface area contributed by atoms with Gasteiger partial charge < -0.3 is 9.64 Å². The van der Waals surface area contributed by atoms with E-state index in [0.29, 0.717) is 5.69 Å². The van der Waals surface area contributed by atoms with Gasteiger partial charge in [0.15, 0.2) is 0 Å². The molecule has 1 aromatic heterocycles. The Morgan fingerprint density at radius 1 is 1.59 bits per heavy atom. The number of carbonyl (C=O) groups excluding carboxylic acids is 2.